The maximum absolute atomic E-state index is 6.04. The van der Waals surface area contributed by atoms with Gasteiger partial charge < -0.3 is 4.74 Å². The van der Waals surface area contributed by atoms with Crippen LogP contribution in [0.3, 0.4) is 0 Å². The summed E-state index contributed by atoms with van der Waals surface area (Å²) in [4.78, 5) is 2.45. The Morgan fingerprint density at radius 3 is 2.74 bits per heavy atom. The molecule has 0 unspecified atom stereocenters. The van der Waals surface area contributed by atoms with Crippen LogP contribution in [0.4, 0.5) is 0 Å². The highest BCUT2D eigenvalue weighted by Crippen LogP contribution is 2.24. The van der Waals surface area contributed by atoms with Crippen molar-refractivity contribution < 1.29 is 4.74 Å². The molecule has 1 fully saturated rings. The highest BCUT2D eigenvalue weighted by molar-refractivity contribution is 7.99. The normalized spacial score (nSPS) is 15.9. The van der Waals surface area contributed by atoms with Crippen LogP contribution in [-0.2, 0) is 11.3 Å². The first kappa shape index (κ1) is 17.1. The van der Waals surface area contributed by atoms with Gasteiger partial charge in [-0.05, 0) is 24.3 Å². The molecule has 0 amide bonds. The van der Waals surface area contributed by atoms with Gasteiger partial charge in [0.15, 0.2) is 0 Å². The maximum atomic E-state index is 6.04. The van der Waals surface area contributed by atoms with Crippen LogP contribution < -0.4 is 0 Å². The Hall–Kier alpha value is -0.720. The first-order valence-electron chi connectivity index (χ1n) is 7.60. The van der Waals surface area contributed by atoms with Crippen molar-refractivity contribution >= 4 is 35.0 Å². The average molecular weight is 372 g/mol. The zero-order valence-electron chi connectivity index (χ0n) is 12.8. The first-order valence-corrected chi connectivity index (χ1v) is 9.51. The van der Waals surface area contributed by atoms with E-state index in [9.17, 15) is 0 Å². The molecule has 3 rings (SSSR count). The molecule has 1 aromatic heterocycles. The third-order valence-corrected chi connectivity index (χ3v) is 5.40. The fraction of sp³-hybridized carbons (Fsp3) is 0.438. The van der Waals surface area contributed by atoms with Gasteiger partial charge in [-0.3, -0.25) is 4.90 Å². The van der Waals surface area contributed by atoms with Crippen molar-refractivity contribution in [2.75, 3.05) is 37.7 Å². The van der Waals surface area contributed by atoms with Crippen LogP contribution >= 0.6 is 35.0 Å². The number of rotatable bonds is 6. The van der Waals surface area contributed by atoms with E-state index in [-0.39, 0.29) is 0 Å². The smallest absolute Gasteiger partial charge is 0.0907 e. The quantitative estimate of drug-likeness (QED) is 0.723. The predicted octanol–water partition coefficient (Wildman–Crippen LogP) is 3.74. The molecule has 2 aromatic rings. The summed E-state index contributed by atoms with van der Waals surface area (Å²) in [6.07, 6.45) is 1.90. The van der Waals surface area contributed by atoms with Gasteiger partial charge in [-0.2, -0.15) is 16.9 Å². The van der Waals surface area contributed by atoms with Gasteiger partial charge >= 0.3 is 0 Å². The minimum absolute atomic E-state index is 0.525. The second-order valence-corrected chi connectivity index (χ2v) is 7.40. The number of aromatic nitrogens is 2. The molecule has 0 atom stereocenters. The standard InChI is InChI=1S/C16H19Cl2N3OS/c17-15-2-1-14(11-16(15)18)21-4-3-13(19-21)12-22-8-5-20-6-9-23-10-7-20/h1-4,11H,5-10,12H2. The Morgan fingerprint density at radius 1 is 1.13 bits per heavy atom. The monoisotopic (exact) mass is 371 g/mol. The topological polar surface area (TPSA) is 30.3 Å². The van der Waals surface area contributed by atoms with E-state index < -0.39 is 0 Å². The molecule has 1 aliphatic heterocycles. The number of ether oxygens (including phenoxy) is 1. The molecule has 0 aliphatic carbocycles. The highest BCUT2D eigenvalue weighted by Gasteiger charge is 2.10. The molecule has 0 bridgehead atoms. The van der Waals surface area contributed by atoms with E-state index in [4.69, 9.17) is 27.9 Å². The van der Waals surface area contributed by atoms with Gasteiger partial charge in [0, 0.05) is 37.3 Å². The van der Waals surface area contributed by atoms with Crippen LogP contribution in [0.5, 0.6) is 0 Å². The van der Waals surface area contributed by atoms with Crippen molar-refractivity contribution in [1.29, 1.82) is 0 Å². The summed E-state index contributed by atoms with van der Waals surface area (Å²) in [7, 11) is 0. The second kappa shape index (κ2) is 8.40. The molecule has 2 heterocycles. The molecule has 1 aromatic carbocycles. The van der Waals surface area contributed by atoms with Gasteiger partial charge in [-0.25, -0.2) is 4.68 Å². The van der Waals surface area contributed by atoms with Gasteiger partial charge in [0.1, 0.15) is 0 Å². The summed E-state index contributed by atoms with van der Waals surface area (Å²) < 4.78 is 7.52. The Balaban J connectivity index is 1.48. The van der Waals surface area contributed by atoms with E-state index in [0.29, 0.717) is 16.7 Å². The summed E-state index contributed by atoms with van der Waals surface area (Å²) >= 11 is 14.0. The van der Waals surface area contributed by atoms with E-state index in [1.54, 1.807) is 16.8 Å². The fourth-order valence-corrected chi connectivity index (χ4v) is 3.68. The summed E-state index contributed by atoms with van der Waals surface area (Å²) in [5.41, 5.74) is 1.79. The zero-order valence-corrected chi connectivity index (χ0v) is 15.1. The SMILES string of the molecule is Clc1ccc(-n2ccc(COCCN3CCSCC3)n2)cc1Cl. The van der Waals surface area contributed by atoms with Crippen LogP contribution in [-0.4, -0.2) is 52.4 Å². The minimum atomic E-state index is 0.525. The van der Waals surface area contributed by atoms with Crippen LogP contribution in [0.2, 0.25) is 10.0 Å². The van der Waals surface area contributed by atoms with Crippen molar-refractivity contribution in [2.45, 2.75) is 6.61 Å². The molecule has 7 heteroatoms. The third-order valence-electron chi connectivity index (χ3n) is 3.72. The number of hydrogen-bond donors (Lipinski definition) is 0. The lowest BCUT2D eigenvalue weighted by Gasteiger charge is -2.25. The Bertz CT molecular complexity index is 644. The largest absolute Gasteiger partial charge is 0.374 e. The van der Waals surface area contributed by atoms with E-state index in [1.807, 2.05) is 30.1 Å². The average Bonchev–Trinajstić information content (AvgIpc) is 3.04. The molecule has 4 nitrogen and oxygen atoms in total. The number of nitrogens with zero attached hydrogens (tertiary/aromatic N) is 3. The summed E-state index contributed by atoms with van der Waals surface area (Å²) in [5, 5.41) is 5.58. The third kappa shape index (κ3) is 4.88. The lowest BCUT2D eigenvalue weighted by Crippen LogP contribution is -2.35. The van der Waals surface area contributed by atoms with Gasteiger partial charge in [0.05, 0.1) is 34.6 Å². The minimum Gasteiger partial charge on any atom is -0.374 e. The molecule has 1 saturated heterocycles. The van der Waals surface area contributed by atoms with Gasteiger partial charge in [-0.15, -0.1) is 0 Å². The molecule has 0 spiro atoms. The van der Waals surface area contributed by atoms with Crippen molar-refractivity contribution in [2.24, 2.45) is 0 Å². The maximum Gasteiger partial charge on any atom is 0.0907 e. The van der Waals surface area contributed by atoms with Gasteiger partial charge in [0.2, 0.25) is 0 Å². The van der Waals surface area contributed by atoms with Gasteiger partial charge in [0.25, 0.3) is 0 Å². The molecule has 0 saturated carbocycles. The number of thioether (sulfide) groups is 1. The zero-order chi connectivity index (χ0) is 16.1. The number of hydrogen-bond acceptors (Lipinski definition) is 4. The Kier molecular flexibility index (Phi) is 6.25. The van der Waals surface area contributed by atoms with Crippen molar-refractivity contribution in [3.05, 3.63) is 46.2 Å². The summed E-state index contributed by atoms with van der Waals surface area (Å²) in [6, 6.07) is 7.42. The summed E-state index contributed by atoms with van der Waals surface area (Å²) in [6.45, 7) is 4.59. The van der Waals surface area contributed by atoms with Crippen molar-refractivity contribution in [1.82, 2.24) is 14.7 Å². The predicted molar refractivity (Wildman–Crippen MR) is 97.0 cm³/mol. The molecule has 124 valence electrons. The Labute approximate surface area is 150 Å². The van der Waals surface area contributed by atoms with Crippen LogP contribution in [0, 0.1) is 0 Å². The Morgan fingerprint density at radius 2 is 1.96 bits per heavy atom. The molecular weight excluding hydrogens is 353 g/mol. The molecular formula is C16H19Cl2N3OS. The summed E-state index contributed by atoms with van der Waals surface area (Å²) in [5.74, 6) is 2.46. The van der Waals surface area contributed by atoms with Crippen LogP contribution in [0.1, 0.15) is 5.69 Å². The fourth-order valence-electron chi connectivity index (χ4n) is 2.41. The number of benzene rings is 1. The van der Waals surface area contributed by atoms with Gasteiger partial charge in [-0.1, -0.05) is 23.2 Å². The van der Waals surface area contributed by atoms with Crippen molar-refractivity contribution in [3.8, 4) is 5.69 Å². The van der Waals surface area contributed by atoms with E-state index in [2.05, 4.69) is 10.00 Å². The van der Waals surface area contributed by atoms with Crippen LogP contribution in [0.25, 0.3) is 5.69 Å². The number of halogens is 2. The molecule has 0 N–H and O–H groups in total. The van der Waals surface area contributed by atoms with E-state index in [0.717, 1.165) is 24.5 Å². The molecule has 23 heavy (non-hydrogen) atoms. The molecule has 0 radical (unpaired) electrons. The molecule has 1 aliphatic rings. The first-order chi connectivity index (χ1) is 11.2. The lowest BCUT2D eigenvalue weighted by molar-refractivity contribution is 0.0933. The van der Waals surface area contributed by atoms with Crippen LogP contribution in [0.15, 0.2) is 30.5 Å². The second-order valence-electron chi connectivity index (χ2n) is 5.36. The van der Waals surface area contributed by atoms with E-state index in [1.165, 1.54) is 24.6 Å². The van der Waals surface area contributed by atoms with Crippen molar-refractivity contribution in [3.63, 3.8) is 0 Å². The lowest BCUT2D eigenvalue weighted by atomic mass is 10.3. The van der Waals surface area contributed by atoms with E-state index >= 15 is 0 Å². The highest BCUT2D eigenvalue weighted by atomic mass is 35.5.